The van der Waals surface area contributed by atoms with Crippen molar-refractivity contribution >= 4 is 17.3 Å². The number of piperazine rings is 2. The molecule has 2 aromatic carbocycles. The highest BCUT2D eigenvalue weighted by Gasteiger charge is 2.34. The van der Waals surface area contributed by atoms with E-state index in [2.05, 4.69) is 68.3 Å². The molecule has 1 aromatic heterocycles. The second-order valence-corrected chi connectivity index (χ2v) is 9.43. The Balaban J connectivity index is 1.35. The van der Waals surface area contributed by atoms with Crippen molar-refractivity contribution in [1.29, 1.82) is 0 Å². The van der Waals surface area contributed by atoms with E-state index in [1.54, 1.807) is 0 Å². The Kier molecular flexibility index (Phi) is 7.88. The lowest BCUT2D eigenvalue weighted by Crippen LogP contribution is -2.49. The maximum atomic E-state index is 12.3. The number of rotatable bonds is 8. The van der Waals surface area contributed by atoms with Gasteiger partial charge in [0.25, 0.3) is 0 Å². The topological polar surface area (TPSA) is 102 Å². The number of hydrogen-bond donors (Lipinski definition) is 1. The van der Waals surface area contributed by atoms with Crippen molar-refractivity contribution in [1.82, 2.24) is 19.8 Å². The predicted octanol–water partition coefficient (Wildman–Crippen LogP) is 2.41. The highest BCUT2D eigenvalue weighted by molar-refractivity contribution is 5.71. The van der Waals surface area contributed by atoms with Crippen LogP contribution in [0.1, 0.15) is 17.2 Å². The molecule has 37 heavy (non-hydrogen) atoms. The van der Waals surface area contributed by atoms with E-state index in [9.17, 15) is 15.2 Å². The SMILES string of the molecule is O=[N+]([O-])c1c(N2CCN(CCO)CC2)ncnc1N1CCN(C(c2ccccc2)c2ccccc2)CC1. The Labute approximate surface area is 216 Å². The number of aliphatic hydroxyl groups excluding tert-OH is 1. The molecule has 10 nitrogen and oxygen atoms in total. The molecule has 0 atom stereocenters. The summed E-state index contributed by atoms with van der Waals surface area (Å²) >= 11 is 0. The number of aliphatic hydroxyl groups is 1. The van der Waals surface area contributed by atoms with E-state index < -0.39 is 0 Å². The molecule has 10 heteroatoms. The molecule has 2 aliphatic heterocycles. The fourth-order valence-electron chi connectivity index (χ4n) is 5.39. The van der Waals surface area contributed by atoms with Gasteiger partial charge >= 0.3 is 5.69 Å². The summed E-state index contributed by atoms with van der Waals surface area (Å²) in [5.74, 6) is 0.774. The quantitative estimate of drug-likeness (QED) is 0.367. The molecule has 0 saturated carbocycles. The first kappa shape index (κ1) is 25.1. The van der Waals surface area contributed by atoms with E-state index in [0.717, 1.165) is 26.2 Å². The highest BCUT2D eigenvalue weighted by Crippen LogP contribution is 2.36. The van der Waals surface area contributed by atoms with Crippen LogP contribution in [0.3, 0.4) is 0 Å². The van der Waals surface area contributed by atoms with Gasteiger partial charge < -0.3 is 14.9 Å². The molecular formula is C27H33N7O3. The molecule has 0 aliphatic carbocycles. The lowest BCUT2D eigenvalue weighted by Gasteiger charge is -2.40. The molecular weight excluding hydrogens is 470 g/mol. The summed E-state index contributed by atoms with van der Waals surface area (Å²) in [7, 11) is 0. The predicted molar refractivity (Wildman–Crippen MR) is 143 cm³/mol. The molecule has 3 aromatic rings. The van der Waals surface area contributed by atoms with Gasteiger partial charge in [0.1, 0.15) is 6.33 Å². The van der Waals surface area contributed by atoms with Crippen molar-refractivity contribution in [2.45, 2.75) is 6.04 Å². The van der Waals surface area contributed by atoms with Gasteiger partial charge in [0.2, 0.25) is 11.6 Å². The van der Waals surface area contributed by atoms with Gasteiger partial charge in [0, 0.05) is 58.9 Å². The fourth-order valence-corrected chi connectivity index (χ4v) is 5.39. The molecule has 2 fully saturated rings. The first-order valence-corrected chi connectivity index (χ1v) is 12.8. The van der Waals surface area contributed by atoms with Gasteiger partial charge in [-0.25, -0.2) is 9.97 Å². The molecule has 0 radical (unpaired) electrons. The third-order valence-corrected chi connectivity index (χ3v) is 7.26. The van der Waals surface area contributed by atoms with Crippen LogP contribution in [-0.4, -0.2) is 95.3 Å². The highest BCUT2D eigenvalue weighted by atomic mass is 16.6. The summed E-state index contributed by atoms with van der Waals surface area (Å²) in [6, 6.07) is 21.1. The lowest BCUT2D eigenvalue weighted by atomic mass is 9.96. The Bertz CT molecular complexity index is 1130. The minimum Gasteiger partial charge on any atom is -0.395 e. The zero-order valence-corrected chi connectivity index (χ0v) is 20.9. The summed E-state index contributed by atoms with van der Waals surface area (Å²) in [5.41, 5.74) is 2.45. The van der Waals surface area contributed by atoms with Crippen LogP contribution >= 0.6 is 0 Å². The van der Waals surface area contributed by atoms with Crippen molar-refractivity contribution in [3.63, 3.8) is 0 Å². The molecule has 3 heterocycles. The number of anilines is 2. The van der Waals surface area contributed by atoms with Gasteiger partial charge in [-0.1, -0.05) is 60.7 Å². The molecule has 2 aliphatic rings. The first-order valence-electron chi connectivity index (χ1n) is 12.8. The third-order valence-electron chi connectivity index (χ3n) is 7.26. The van der Waals surface area contributed by atoms with Gasteiger partial charge in [-0.05, 0) is 11.1 Å². The zero-order valence-electron chi connectivity index (χ0n) is 20.9. The van der Waals surface area contributed by atoms with Crippen molar-refractivity contribution in [3.05, 3.63) is 88.2 Å². The summed E-state index contributed by atoms with van der Waals surface area (Å²) < 4.78 is 0. The Morgan fingerprint density at radius 1 is 0.784 bits per heavy atom. The maximum absolute atomic E-state index is 12.3. The monoisotopic (exact) mass is 503 g/mol. The molecule has 0 unspecified atom stereocenters. The fraction of sp³-hybridized carbons (Fsp3) is 0.407. The van der Waals surface area contributed by atoms with Gasteiger partial charge in [-0.15, -0.1) is 0 Å². The summed E-state index contributed by atoms with van der Waals surface area (Å²) in [5, 5.41) is 21.5. The van der Waals surface area contributed by atoms with Crippen LogP contribution in [0, 0.1) is 10.1 Å². The van der Waals surface area contributed by atoms with E-state index in [1.807, 2.05) is 21.9 Å². The van der Waals surface area contributed by atoms with E-state index in [1.165, 1.54) is 17.5 Å². The van der Waals surface area contributed by atoms with E-state index >= 15 is 0 Å². The number of benzene rings is 2. The van der Waals surface area contributed by atoms with Gasteiger partial charge in [0.05, 0.1) is 17.6 Å². The average Bonchev–Trinajstić information content (AvgIpc) is 2.95. The summed E-state index contributed by atoms with van der Waals surface area (Å²) in [6.07, 6.45) is 1.45. The van der Waals surface area contributed by atoms with Crippen LogP contribution in [0.25, 0.3) is 0 Å². The molecule has 0 amide bonds. The summed E-state index contributed by atoms with van der Waals surface area (Å²) in [6.45, 7) is 6.22. The molecule has 194 valence electrons. The standard InChI is InChI=1S/C27H33N7O3/c35-20-19-30-11-13-32(14-12-30)26-25(34(36)37)27(29-21-28-26)33-17-15-31(16-18-33)24(22-7-3-1-4-8-22)23-9-5-2-6-10-23/h1-10,21,24,35H,11-20H2. The minimum atomic E-state index is -0.339. The van der Waals surface area contributed by atoms with Gasteiger partial charge in [-0.2, -0.15) is 0 Å². The van der Waals surface area contributed by atoms with Crippen molar-refractivity contribution in [2.75, 3.05) is 75.3 Å². The molecule has 0 spiro atoms. The average molecular weight is 504 g/mol. The van der Waals surface area contributed by atoms with Crippen LogP contribution in [-0.2, 0) is 0 Å². The van der Waals surface area contributed by atoms with E-state index in [-0.39, 0.29) is 23.3 Å². The molecule has 2 saturated heterocycles. The number of nitro groups is 1. The van der Waals surface area contributed by atoms with Crippen molar-refractivity contribution in [2.24, 2.45) is 0 Å². The Morgan fingerprint density at radius 2 is 1.27 bits per heavy atom. The second kappa shape index (κ2) is 11.6. The summed E-state index contributed by atoms with van der Waals surface area (Å²) in [4.78, 5) is 29.2. The van der Waals surface area contributed by atoms with Crippen LogP contribution in [0.4, 0.5) is 17.3 Å². The largest absolute Gasteiger partial charge is 0.395 e. The Morgan fingerprint density at radius 3 is 1.73 bits per heavy atom. The second-order valence-electron chi connectivity index (χ2n) is 9.43. The van der Waals surface area contributed by atoms with E-state index in [0.29, 0.717) is 44.4 Å². The van der Waals surface area contributed by atoms with Crippen LogP contribution in [0.2, 0.25) is 0 Å². The smallest absolute Gasteiger partial charge is 0.353 e. The van der Waals surface area contributed by atoms with Gasteiger partial charge in [0.15, 0.2) is 0 Å². The number of nitrogens with zero attached hydrogens (tertiary/aromatic N) is 7. The van der Waals surface area contributed by atoms with E-state index in [4.69, 9.17) is 0 Å². The zero-order chi connectivity index (χ0) is 25.6. The van der Waals surface area contributed by atoms with Crippen molar-refractivity contribution < 1.29 is 10.0 Å². The number of hydrogen-bond acceptors (Lipinski definition) is 9. The Hall–Kier alpha value is -3.60. The van der Waals surface area contributed by atoms with Crippen LogP contribution < -0.4 is 9.80 Å². The van der Waals surface area contributed by atoms with Crippen LogP contribution in [0.15, 0.2) is 67.0 Å². The number of β-amino-alcohol motifs (C(OH)–C–C–N with tert-alkyl or cyclic N) is 1. The molecule has 5 rings (SSSR count). The minimum absolute atomic E-state index is 0.0192. The molecule has 1 N–H and O–H groups in total. The first-order chi connectivity index (χ1) is 18.2. The normalized spacial score (nSPS) is 17.4. The number of aromatic nitrogens is 2. The lowest BCUT2D eigenvalue weighted by molar-refractivity contribution is -0.383. The molecule has 0 bridgehead atoms. The maximum Gasteiger partial charge on any atom is 0.353 e. The third kappa shape index (κ3) is 5.56. The van der Waals surface area contributed by atoms with Crippen molar-refractivity contribution in [3.8, 4) is 0 Å². The van der Waals surface area contributed by atoms with Gasteiger partial charge in [-0.3, -0.25) is 19.9 Å². The van der Waals surface area contributed by atoms with Crippen LogP contribution in [0.5, 0.6) is 0 Å².